The van der Waals surface area contributed by atoms with E-state index in [-0.39, 0.29) is 35.0 Å². The number of hydrogen-bond donors (Lipinski definition) is 3. The summed E-state index contributed by atoms with van der Waals surface area (Å²) < 4.78 is 0. The molecule has 6 heteroatoms. The molecule has 2 aromatic rings. The normalized spacial score (nSPS) is 20.5. The van der Waals surface area contributed by atoms with Crippen molar-refractivity contribution in [3.05, 3.63) is 46.4 Å². The van der Waals surface area contributed by atoms with E-state index in [1.165, 1.54) is 0 Å². The number of aromatic amines is 1. The lowest BCUT2D eigenvalue weighted by Crippen LogP contribution is -2.40. The zero-order chi connectivity index (χ0) is 17.1. The lowest BCUT2D eigenvalue weighted by atomic mass is 9.85. The molecule has 0 unspecified atom stereocenters. The average molecular weight is 327 g/mol. The van der Waals surface area contributed by atoms with Crippen LogP contribution in [-0.4, -0.2) is 29.9 Å². The second-order valence-corrected chi connectivity index (χ2v) is 6.24. The summed E-state index contributed by atoms with van der Waals surface area (Å²) in [7, 11) is 1.65. The lowest BCUT2D eigenvalue weighted by molar-refractivity contribution is -0.125. The molecule has 24 heavy (non-hydrogen) atoms. The first kappa shape index (κ1) is 16.2. The minimum Gasteiger partial charge on any atom is -0.359 e. The van der Waals surface area contributed by atoms with Gasteiger partial charge in [-0.2, -0.15) is 0 Å². The summed E-state index contributed by atoms with van der Waals surface area (Å²) in [4.78, 5) is 38.8. The van der Waals surface area contributed by atoms with Gasteiger partial charge in [0.2, 0.25) is 5.91 Å². The number of aromatic nitrogens is 1. The molecule has 1 aromatic carbocycles. The number of rotatable bonds is 3. The minimum atomic E-state index is -0.277. The SMILES string of the molecule is CNC(=O)C1CCC(NC(=O)c2cc3ccccc3c(=O)[nH]2)CC1. The van der Waals surface area contributed by atoms with Crippen molar-refractivity contribution in [3.8, 4) is 0 Å². The smallest absolute Gasteiger partial charge is 0.268 e. The molecule has 0 saturated heterocycles. The fraction of sp³-hybridized carbons (Fsp3) is 0.389. The fourth-order valence-electron chi connectivity index (χ4n) is 3.30. The molecular weight excluding hydrogens is 306 g/mol. The topological polar surface area (TPSA) is 91.1 Å². The van der Waals surface area contributed by atoms with Crippen molar-refractivity contribution >= 4 is 22.6 Å². The van der Waals surface area contributed by atoms with Crippen molar-refractivity contribution in [1.82, 2.24) is 15.6 Å². The van der Waals surface area contributed by atoms with E-state index in [1.807, 2.05) is 12.1 Å². The van der Waals surface area contributed by atoms with Gasteiger partial charge in [0, 0.05) is 24.4 Å². The first-order chi connectivity index (χ1) is 11.6. The lowest BCUT2D eigenvalue weighted by Gasteiger charge is -2.28. The van der Waals surface area contributed by atoms with Crippen LogP contribution in [0.1, 0.15) is 36.2 Å². The summed E-state index contributed by atoms with van der Waals surface area (Å²) in [5.41, 5.74) is 0.00806. The van der Waals surface area contributed by atoms with Gasteiger partial charge < -0.3 is 15.6 Å². The molecule has 126 valence electrons. The molecule has 1 aliphatic carbocycles. The monoisotopic (exact) mass is 327 g/mol. The number of hydrogen-bond acceptors (Lipinski definition) is 3. The largest absolute Gasteiger partial charge is 0.359 e. The van der Waals surface area contributed by atoms with E-state index in [2.05, 4.69) is 15.6 Å². The van der Waals surface area contributed by atoms with Gasteiger partial charge in [-0.15, -0.1) is 0 Å². The van der Waals surface area contributed by atoms with E-state index in [9.17, 15) is 14.4 Å². The highest BCUT2D eigenvalue weighted by atomic mass is 16.2. The first-order valence-corrected chi connectivity index (χ1v) is 8.23. The van der Waals surface area contributed by atoms with Gasteiger partial charge in [0.1, 0.15) is 5.69 Å². The molecule has 0 radical (unpaired) electrons. The summed E-state index contributed by atoms with van der Waals surface area (Å²) in [6.45, 7) is 0. The standard InChI is InChI=1S/C18H21N3O3/c1-19-16(22)11-6-8-13(9-7-11)20-18(24)15-10-12-4-2-3-5-14(12)17(23)21-15/h2-5,10-11,13H,6-9H2,1H3,(H,19,22)(H,20,24)(H,21,23). The van der Waals surface area contributed by atoms with E-state index in [0.29, 0.717) is 5.39 Å². The Morgan fingerprint density at radius 2 is 1.83 bits per heavy atom. The van der Waals surface area contributed by atoms with Crippen molar-refractivity contribution in [2.24, 2.45) is 5.92 Å². The van der Waals surface area contributed by atoms with Crippen molar-refractivity contribution in [2.45, 2.75) is 31.7 Å². The molecule has 1 aliphatic rings. The molecule has 1 saturated carbocycles. The number of fused-ring (bicyclic) bond motifs is 1. The number of benzene rings is 1. The third-order valence-corrected chi connectivity index (χ3v) is 4.68. The Morgan fingerprint density at radius 1 is 1.12 bits per heavy atom. The van der Waals surface area contributed by atoms with Crippen LogP contribution in [0.15, 0.2) is 35.1 Å². The van der Waals surface area contributed by atoms with Crippen molar-refractivity contribution in [2.75, 3.05) is 7.05 Å². The van der Waals surface area contributed by atoms with Crippen LogP contribution in [0.4, 0.5) is 0 Å². The molecule has 0 aliphatic heterocycles. The van der Waals surface area contributed by atoms with Crippen LogP contribution in [-0.2, 0) is 4.79 Å². The van der Waals surface area contributed by atoms with Crippen molar-refractivity contribution < 1.29 is 9.59 Å². The molecule has 1 heterocycles. The van der Waals surface area contributed by atoms with E-state index >= 15 is 0 Å². The molecule has 1 fully saturated rings. The molecule has 3 rings (SSSR count). The van der Waals surface area contributed by atoms with Gasteiger partial charge in [0.15, 0.2) is 0 Å². The third-order valence-electron chi connectivity index (χ3n) is 4.68. The predicted molar refractivity (Wildman–Crippen MR) is 91.8 cm³/mol. The molecular formula is C18H21N3O3. The van der Waals surface area contributed by atoms with Gasteiger partial charge in [0.25, 0.3) is 11.5 Å². The Labute approximate surface area is 139 Å². The molecule has 0 atom stereocenters. The second-order valence-electron chi connectivity index (χ2n) is 6.24. The Hall–Kier alpha value is -2.63. The van der Waals surface area contributed by atoms with Crippen molar-refractivity contribution in [3.63, 3.8) is 0 Å². The summed E-state index contributed by atoms with van der Waals surface area (Å²) in [6.07, 6.45) is 3.06. The molecule has 1 aromatic heterocycles. The Bertz CT molecular complexity index is 820. The number of nitrogens with one attached hydrogen (secondary N) is 3. The highest BCUT2D eigenvalue weighted by Crippen LogP contribution is 2.24. The Balaban J connectivity index is 1.68. The first-order valence-electron chi connectivity index (χ1n) is 8.23. The van der Waals surface area contributed by atoms with Crippen LogP contribution in [0.25, 0.3) is 10.8 Å². The van der Waals surface area contributed by atoms with E-state index < -0.39 is 0 Å². The van der Waals surface area contributed by atoms with Gasteiger partial charge in [-0.1, -0.05) is 18.2 Å². The van der Waals surface area contributed by atoms with Crippen LogP contribution >= 0.6 is 0 Å². The Morgan fingerprint density at radius 3 is 2.54 bits per heavy atom. The van der Waals surface area contributed by atoms with Gasteiger partial charge in [-0.05, 0) is 43.2 Å². The van der Waals surface area contributed by atoms with Crippen LogP contribution in [0.5, 0.6) is 0 Å². The summed E-state index contributed by atoms with van der Waals surface area (Å²) >= 11 is 0. The maximum atomic E-state index is 12.4. The number of carbonyl (C=O) groups is 2. The fourth-order valence-corrected chi connectivity index (χ4v) is 3.30. The number of amides is 2. The molecule has 6 nitrogen and oxygen atoms in total. The highest BCUT2D eigenvalue weighted by Gasteiger charge is 2.26. The highest BCUT2D eigenvalue weighted by molar-refractivity contribution is 5.96. The van der Waals surface area contributed by atoms with Gasteiger partial charge >= 0.3 is 0 Å². The van der Waals surface area contributed by atoms with Gasteiger partial charge in [-0.3, -0.25) is 14.4 Å². The minimum absolute atomic E-state index is 0.0311. The average Bonchev–Trinajstić information content (AvgIpc) is 2.61. The zero-order valence-electron chi connectivity index (χ0n) is 13.6. The summed E-state index contributed by atoms with van der Waals surface area (Å²) in [6, 6.07) is 8.91. The van der Waals surface area contributed by atoms with Crippen LogP contribution < -0.4 is 16.2 Å². The van der Waals surface area contributed by atoms with E-state index in [4.69, 9.17) is 0 Å². The van der Waals surface area contributed by atoms with Crippen LogP contribution in [0.3, 0.4) is 0 Å². The summed E-state index contributed by atoms with van der Waals surface area (Å²) in [5, 5.41) is 6.95. The second kappa shape index (κ2) is 6.86. The van der Waals surface area contributed by atoms with Gasteiger partial charge in [-0.25, -0.2) is 0 Å². The number of pyridine rings is 1. The van der Waals surface area contributed by atoms with Gasteiger partial charge in [0.05, 0.1) is 0 Å². The maximum absolute atomic E-state index is 12.4. The van der Waals surface area contributed by atoms with E-state index in [1.54, 1.807) is 25.2 Å². The molecule has 0 spiro atoms. The van der Waals surface area contributed by atoms with Crippen LogP contribution in [0.2, 0.25) is 0 Å². The molecule has 3 N–H and O–H groups in total. The zero-order valence-corrected chi connectivity index (χ0v) is 13.6. The quantitative estimate of drug-likeness (QED) is 0.799. The maximum Gasteiger partial charge on any atom is 0.268 e. The summed E-state index contributed by atoms with van der Waals surface area (Å²) in [5.74, 6) is -0.177. The predicted octanol–water partition coefficient (Wildman–Crippen LogP) is 1.56. The van der Waals surface area contributed by atoms with Crippen molar-refractivity contribution in [1.29, 1.82) is 0 Å². The Kier molecular flexibility index (Phi) is 4.64. The number of H-pyrrole nitrogens is 1. The molecule has 2 amide bonds. The van der Waals surface area contributed by atoms with E-state index in [0.717, 1.165) is 31.1 Å². The number of carbonyl (C=O) groups excluding carboxylic acids is 2. The third kappa shape index (κ3) is 3.32. The molecule has 0 bridgehead atoms. The van der Waals surface area contributed by atoms with Crippen LogP contribution in [0, 0.1) is 5.92 Å².